The Balaban J connectivity index is 1.87. The fourth-order valence-electron chi connectivity index (χ4n) is 2.03. The van der Waals surface area contributed by atoms with Gasteiger partial charge in [-0.2, -0.15) is 0 Å². The van der Waals surface area contributed by atoms with E-state index < -0.39 is 0 Å². The summed E-state index contributed by atoms with van der Waals surface area (Å²) < 4.78 is 1.81. The SMILES string of the molecule is O=C(Nc1ccc2cc(Br)ccc2c1)c1cncc(Br)c1. The molecule has 5 heteroatoms. The molecule has 1 amide bonds. The first-order valence-corrected chi connectivity index (χ1v) is 7.82. The standard InChI is InChI=1S/C16H10Br2N2O/c17-13-3-1-11-7-15(4-2-10(11)5-13)20-16(21)12-6-14(18)9-19-8-12/h1-9H,(H,20,21). The third kappa shape index (κ3) is 3.31. The first-order chi connectivity index (χ1) is 10.1. The molecule has 3 rings (SSSR count). The van der Waals surface area contributed by atoms with Gasteiger partial charge in [0, 0.05) is 27.0 Å². The summed E-state index contributed by atoms with van der Waals surface area (Å²) >= 11 is 6.76. The van der Waals surface area contributed by atoms with Crippen LogP contribution in [0.15, 0.2) is 63.8 Å². The minimum Gasteiger partial charge on any atom is -0.322 e. The van der Waals surface area contributed by atoms with Crippen LogP contribution >= 0.6 is 31.9 Å². The number of pyridine rings is 1. The van der Waals surface area contributed by atoms with Crippen molar-refractivity contribution in [1.29, 1.82) is 0 Å². The highest BCUT2D eigenvalue weighted by Gasteiger charge is 2.07. The average molecular weight is 406 g/mol. The Labute approximate surface area is 138 Å². The molecular weight excluding hydrogens is 396 g/mol. The van der Waals surface area contributed by atoms with Crippen LogP contribution in [-0.2, 0) is 0 Å². The van der Waals surface area contributed by atoms with E-state index in [2.05, 4.69) is 42.2 Å². The van der Waals surface area contributed by atoms with Crippen LogP contribution in [0.2, 0.25) is 0 Å². The number of carbonyl (C=O) groups excluding carboxylic acids is 1. The van der Waals surface area contributed by atoms with E-state index in [1.165, 1.54) is 6.20 Å². The predicted molar refractivity (Wildman–Crippen MR) is 91.5 cm³/mol. The number of fused-ring (bicyclic) bond motifs is 1. The summed E-state index contributed by atoms with van der Waals surface area (Å²) in [6, 6.07) is 13.6. The summed E-state index contributed by atoms with van der Waals surface area (Å²) in [6.07, 6.45) is 3.18. The molecule has 1 N–H and O–H groups in total. The van der Waals surface area contributed by atoms with Gasteiger partial charge in [-0.25, -0.2) is 0 Å². The zero-order valence-electron chi connectivity index (χ0n) is 10.8. The highest BCUT2D eigenvalue weighted by molar-refractivity contribution is 9.10. The van der Waals surface area contributed by atoms with Crippen molar-refractivity contribution in [3.05, 3.63) is 69.4 Å². The number of aromatic nitrogens is 1. The van der Waals surface area contributed by atoms with Crippen LogP contribution < -0.4 is 5.32 Å². The van der Waals surface area contributed by atoms with Crippen molar-refractivity contribution in [3.8, 4) is 0 Å². The minimum atomic E-state index is -0.180. The third-order valence-corrected chi connectivity index (χ3v) is 3.95. The van der Waals surface area contributed by atoms with Crippen LogP contribution in [0.1, 0.15) is 10.4 Å². The molecule has 3 aromatic rings. The predicted octanol–water partition coefficient (Wildman–Crippen LogP) is 5.01. The average Bonchev–Trinajstić information content (AvgIpc) is 2.47. The maximum Gasteiger partial charge on any atom is 0.257 e. The Morgan fingerprint density at radius 2 is 1.67 bits per heavy atom. The van der Waals surface area contributed by atoms with Crippen molar-refractivity contribution in [2.24, 2.45) is 0 Å². The van der Waals surface area contributed by atoms with E-state index in [-0.39, 0.29) is 5.91 Å². The summed E-state index contributed by atoms with van der Waals surface area (Å²) in [6.45, 7) is 0. The van der Waals surface area contributed by atoms with Gasteiger partial charge in [-0.15, -0.1) is 0 Å². The van der Waals surface area contributed by atoms with Crippen LogP contribution in [0, 0.1) is 0 Å². The van der Waals surface area contributed by atoms with Gasteiger partial charge in [0.05, 0.1) is 5.56 Å². The summed E-state index contributed by atoms with van der Waals surface area (Å²) in [4.78, 5) is 16.2. The minimum absolute atomic E-state index is 0.180. The number of halogens is 2. The summed E-state index contributed by atoms with van der Waals surface area (Å²) in [5.41, 5.74) is 1.27. The van der Waals surface area contributed by atoms with Gasteiger partial charge in [0.2, 0.25) is 0 Å². The molecule has 0 saturated heterocycles. The van der Waals surface area contributed by atoms with Crippen LogP contribution in [0.3, 0.4) is 0 Å². The number of nitrogens with one attached hydrogen (secondary N) is 1. The smallest absolute Gasteiger partial charge is 0.257 e. The number of benzene rings is 2. The van der Waals surface area contributed by atoms with Crippen molar-refractivity contribution in [2.45, 2.75) is 0 Å². The number of carbonyl (C=O) groups is 1. The van der Waals surface area contributed by atoms with Crippen molar-refractivity contribution in [3.63, 3.8) is 0 Å². The topological polar surface area (TPSA) is 42.0 Å². The number of rotatable bonds is 2. The van der Waals surface area contributed by atoms with E-state index in [1.807, 2.05) is 36.4 Å². The largest absolute Gasteiger partial charge is 0.322 e. The number of nitrogens with zero attached hydrogens (tertiary/aromatic N) is 1. The Kier molecular flexibility index (Phi) is 4.03. The molecule has 2 aromatic carbocycles. The second kappa shape index (κ2) is 5.95. The van der Waals surface area contributed by atoms with Gasteiger partial charge in [-0.3, -0.25) is 9.78 Å². The van der Waals surface area contributed by atoms with Crippen LogP contribution in [0.4, 0.5) is 5.69 Å². The second-order valence-corrected chi connectivity index (χ2v) is 6.38. The first-order valence-electron chi connectivity index (χ1n) is 6.23. The highest BCUT2D eigenvalue weighted by Crippen LogP contribution is 2.23. The second-order valence-electron chi connectivity index (χ2n) is 4.55. The van der Waals surface area contributed by atoms with E-state index >= 15 is 0 Å². The van der Waals surface area contributed by atoms with Gasteiger partial charge >= 0.3 is 0 Å². The summed E-state index contributed by atoms with van der Waals surface area (Å²) in [7, 11) is 0. The quantitative estimate of drug-likeness (QED) is 0.650. The normalized spacial score (nSPS) is 10.6. The van der Waals surface area contributed by atoms with Gasteiger partial charge in [0.1, 0.15) is 0 Å². The van der Waals surface area contributed by atoms with Crippen molar-refractivity contribution in [1.82, 2.24) is 4.98 Å². The molecule has 0 spiro atoms. The Bertz CT molecular complexity index is 833. The lowest BCUT2D eigenvalue weighted by molar-refractivity contribution is 0.102. The number of amides is 1. The summed E-state index contributed by atoms with van der Waals surface area (Å²) in [5.74, 6) is -0.180. The van der Waals surface area contributed by atoms with E-state index in [0.29, 0.717) is 5.56 Å². The molecule has 1 aromatic heterocycles. The van der Waals surface area contributed by atoms with E-state index in [1.54, 1.807) is 12.3 Å². The number of hydrogen-bond donors (Lipinski definition) is 1. The first kappa shape index (κ1) is 14.2. The fourth-order valence-corrected chi connectivity index (χ4v) is 2.78. The van der Waals surface area contributed by atoms with Crippen molar-refractivity contribution in [2.75, 3.05) is 5.32 Å². The molecule has 3 nitrogen and oxygen atoms in total. The van der Waals surface area contributed by atoms with Crippen LogP contribution in [0.5, 0.6) is 0 Å². The lowest BCUT2D eigenvalue weighted by atomic mass is 10.1. The van der Waals surface area contributed by atoms with E-state index in [9.17, 15) is 4.79 Å². The molecule has 0 saturated carbocycles. The van der Waals surface area contributed by atoms with Gasteiger partial charge in [-0.1, -0.05) is 28.1 Å². The monoisotopic (exact) mass is 404 g/mol. The lowest BCUT2D eigenvalue weighted by Crippen LogP contribution is -2.12. The molecule has 104 valence electrons. The van der Waals surface area contributed by atoms with Gasteiger partial charge in [-0.05, 0) is 57.0 Å². The van der Waals surface area contributed by atoms with Crippen LogP contribution in [0.25, 0.3) is 10.8 Å². The lowest BCUT2D eigenvalue weighted by Gasteiger charge is -2.07. The molecule has 21 heavy (non-hydrogen) atoms. The molecule has 0 aliphatic carbocycles. The zero-order chi connectivity index (χ0) is 14.8. The third-order valence-electron chi connectivity index (χ3n) is 3.03. The maximum atomic E-state index is 12.2. The van der Waals surface area contributed by atoms with Gasteiger partial charge < -0.3 is 5.32 Å². The van der Waals surface area contributed by atoms with Crippen LogP contribution in [-0.4, -0.2) is 10.9 Å². The molecule has 0 unspecified atom stereocenters. The molecule has 0 fully saturated rings. The summed E-state index contributed by atoms with van der Waals surface area (Å²) in [5, 5.41) is 5.07. The molecule has 1 heterocycles. The molecule has 0 aliphatic rings. The van der Waals surface area contributed by atoms with E-state index in [4.69, 9.17) is 0 Å². The van der Waals surface area contributed by atoms with Gasteiger partial charge in [0.25, 0.3) is 5.91 Å². The highest BCUT2D eigenvalue weighted by atomic mass is 79.9. The molecule has 0 radical (unpaired) electrons. The molecule has 0 bridgehead atoms. The van der Waals surface area contributed by atoms with E-state index in [0.717, 1.165) is 25.4 Å². The van der Waals surface area contributed by atoms with Crippen molar-refractivity contribution >= 4 is 54.2 Å². The zero-order valence-corrected chi connectivity index (χ0v) is 14.0. The number of anilines is 1. The maximum absolute atomic E-state index is 12.2. The Hall–Kier alpha value is -1.72. The number of hydrogen-bond acceptors (Lipinski definition) is 2. The Morgan fingerprint density at radius 3 is 2.48 bits per heavy atom. The molecule has 0 atom stereocenters. The Morgan fingerprint density at radius 1 is 0.905 bits per heavy atom. The van der Waals surface area contributed by atoms with Crippen molar-refractivity contribution < 1.29 is 4.79 Å². The van der Waals surface area contributed by atoms with Gasteiger partial charge in [0.15, 0.2) is 0 Å². The molecular formula is C16H10Br2N2O. The molecule has 0 aliphatic heterocycles. The fraction of sp³-hybridized carbons (Fsp3) is 0.